The number of amides is 1. The van der Waals surface area contributed by atoms with Crippen molar-refractivity contribution in [3.05, 3.63) is 59.7 Å². The molecule has 0 radical (unpaired) electrons. The molecule has 0 fully saturated rings. The second kappa shape index (κ2) is 10.5. The van der Waals surface area contributed by atoms with Gasteiger partial charge in [-0.2, -0.15) is 0 Å². The molecule has 2 heterocycles. The summed E-state index contributed by atoms with van der Waals surface area (Å²) in [5.41, 5.74) is 3.04. The smallest absolute Gasteiger partial charge is 0.280 e. The fraction of sp³-hybridized carbons (Fsp3) is 0.300. The molecule has 3 rings (SSSR count). The van der Waals surface area contributed by atoms with Crippen LogP contribution in [-0.4, -0.2) is 33.6 Å². The van der Waals surface area contributed by atoms with Gasteiger partial charge in [0.25, 0.3) is 5.91 Å². The number of carbonyl (C=O) groups is 1. The third-order valence-corrected chi connectivity index (χ3v) is 3.84. The Morgan fingerprint density at radius 2 is 2.03 bits per heavy atom. The first kappa shape index (κ1) is 22.3. The lowest BCUT2D eigenvalue weighted by Crippen LogP contribution is -2.26. The number of hydroxylamine groups is 1. The molecule has 0 aliphatic rings. The number of rotatable bonds is 7. The number of halogens is 2. The molecule has 7 nitrogen and oxygen atoms in total. The minimum atomic E-state index is -0.843. The van der Waals surface area contributed by atoms with Crippen molar-refractivity contribution in [1.29, 1.82) is 0 Å². The summed E-state index contributed by atoms with van der Waals surface area (Å²) in [6.45, 7) is 5.70. The third-order valence-electron chi connectivity index (χ3n) is 3.84. The van der Waals surface area contributed by atoms with Crippen LogP contribution in [0.25, 0.3) is 5.52 Å². The summed E-state index contributed by atoms with van der Waals surface area (Å²) in [6, 6.07) is 4.52. The Hall–Kier alpha value is -3.04. The van der Waals surface area contributed by atoms with Gasteiger partial charge >= 0.3 is 0 Å². The maximum absolute atomic E-state index is 14.6. The maximum Gasteiger partial charge on any atom is 0.280 e. The number of fused-ring (bicyclic) bond motifs is 1. The summed E-state index contributed by atoms with van der Waals surface area (Å²) in [5, 5.41) is 11.5. The Morgan fingerprint density at radius 3 is 2.72 bits per heavy atom. The van der Waals surface area contributed by atoms with Gasteiger partial charge in [-0.15, -0.1) is 0 Å². The number of aliphatic hydroxyl groups excluding tert-OH is 1. The minimum absolute atomic E-state index is 0.0542. The van der Waals surface area contributed by atoms with E-state index in [1.807, 2.05) is 13.8 Å². The molecule has 0 aliphatic carbocycles. The van der Waals surface area contributed by atoms with Crippen LogP contribution in [-0.2, 0) is 4.84 Å². The third kappa shape index (κ3) is 5.27. The van der Waals surface area contributed by atoms with E-state index in [4.69, 9.17) is 9.94 Å². The fourth-order valence-electron chi connectivity index (χ4n) is 2.54. The van der Waals surface area contributed by atoms with Crippen LogP contribution in [0, 0.1) is 18.6 Å². The number of benzene rings is 1. The number of aliphatic hydroxyl groups is 1. The van der Waals surface area contributed by atoms with Crippen LogP contribution >= 0.6 is 0 Å². The molecular weight excluding hydrogens is 382 g/mol. The van der Waals surface area contributed by atoms with E-state index in [1.54, 1.807) is 13.0 Å². The highest BCUT2D eigenvalue weighted by atomic mass is 19.1. The zero-order valence-electron chi connectivity index (χ0n) is 16.5. The monoisotopic (exact) mass is 406 g/mol. The van der Waals surface area contributed by atoms with Crippen LogP contribution in [0.4, 0.5) is 20.2 Å². The van der Waals surface area contributed by atoms with Crippen molar-refractivity contribution < 1.29 is 23.5 Å². The summed E-state index contributed by atoms with van der Waals surface area (Å²) in [6.07, 6.45) is 4.21. The molecule has 0 saturated carbocycles. The van der Waals surface area contributed by atoms with Crippen LogP contribution in [0.5, 0.6) is 0 Å². The average Bonchev–Trinajstić information content (AvgIpc) is 3.17. The van der Waals surface area contributed by atoms with Gasteiger partial charge in [0, 0.05) is 12.8 Å². The maximum atomic E-state index is 14.6. The van der Waals surface area contributed by atoms with Crippen molar-refractivity contribution in [3.63, 3.8) is 0 Å². The first-order chi connectivity index (χ1) is 14.0. The van der Waals surface area contributed by atoms with Gasteiger partial charge in [0.05, 0.1) is 36.0 Å². The zero-order chi connectivity index (χ0) is 21.4. The molecule has 0 bridgehead atoms. The molecule has 3 N–H and O–H groups in total. The summed E-state index contributed by atoms with van der Waals surface area (Å²) >= 11 is 0. The van der Waals surface area contributed by atoms with E-state index in [1.165, 1.54) is 29.1 Å². The lowest BCUT2D eigenvalue weighted by Gasteiger charge is -2.15. The molecular formula is C20H24F2N4O3. The number of imidazole rings is 1. The summed E-state index contributed by atoms with van der Waals surface area (Å²) in [5.74, 6) is -2.22. The van der Waals surface area contributed by atoms with Gasteiger partial charge in [-0.05, 0) is 31.0 Å². The lowest BCUT2D eigenvalue weighted by molar-refractivity contribution is 0.0259. The number of nitrogens with one attached hydrogen (secondary N) is 2. The number of anilines is 2. The topological polar surface area (TPSA) is 87.9 Å². The number of hydrogen-bond donors (Lipinski definition) is 3. The van der Waals surface area contributed by atoms with E-state index in [0.29, 0.717) is 11.9 Å². The van der Waals surface area contributed by atoms with E-state index in [9.17, 15) is 13.6 Å². The molecule has 29 heavy (non-hydrogen) atoms. The van der Waals surface area contributed by atoms with Gasteiger partial charge < -0.3 is 14.8 Å². The number of pyridine rings is 1. The van der Waals surface area contributed by atoms with Crippen molar-refractivity contribution in [1.82, 2.24) is 14.9 Å². The Kier molecular flexibility index (Phi) is 8.05. The molecule has 3 aromatic rings. The van der Waals surface area contributed by atoms with Crippen molar-refractivity contribution in [3.8, 4) is 0 Å². The van der Waals surface area contributed by atoms with Gasteiger partial charge in [0.1, 0.15) is 11.4 Å². The summed E-state index contributed by atoms with van der Waals surface area (Å²) < 4.78 is 30.2. The number of carbonyl (C=O) groups excluding carboxylic acids is 1. The SMILES string of the molecule is CC.Cc1ccc(Nc2c(C(=O)NOCCCO)c(F)cn3cncc23)c(F)c1. The van der Waals surface area contributed by atoms with Crippen LogP contribution in [0.3, 0.4) is 0 Å². The number of aryl methyl sites for hydroxylation is 1. The number of nitrogens with zero attached hydrogens (tertiary/aromatic N) is 2. The van der Waals surface area contributed by atoms with Crippen molar-refractivity contribution in [2.24, 2.45) is 0 Å². The molecule has 0 aliphatic heterocycles. The van der Waals surface area contributed by atoms with Crippen LogP contribution in [0.15, 0.2) is 36.9 Å². The highest BCUT2D eigenvalue weighted by molar-refractivity contribution is 6.03. The Balaban J connectivity index is 0.00000145. The molecule has 156 valence electrons. The van der Waals surface area contributed by atoms with Crippen molar-refractivity contribution >= 4 is 22.8 Å². The van der Waals surface area contributed by atoms with E-state index in [2.05, 4.69) is 15.8 Å². The molecule has 1 amide bonds. The molecule has 0 unspecified atom stereocenters. The Bertz CT molecular complexity index is 976. The Labute approximate surface area is 167 Å². The van der Waals surface area contributed by atoms with Gasteiger partial charge in [0.2, 0.25) is 0 Å². The second-order valence-electron chi connectivity index (χ2n) is 5.88. The van der Waals surface area contributed by atoms with E-state index in [-0.39, 0.29) is 30.2 Å². The molecule has 0 spiro atoms. The van der Waals surface area contributed by atoms with Crippen molar-refractivity contribution in [2.75, 3.05) is 18.5 Å². The summed E-state index contributed by atoms with van der Waals surface area (Å²) in [7, 11) is 0. The Morgan fingerprint density at radius 1 is 1.28 bits per heavy atom. The highest BCUT2D eigenvalue weighted by Gasteiger charge is 2.22. The van der Waals surface area contributed by atoms with Crippen LogP contribution in [0.2, 0.25) is 0 Å². The highest BCUT2D eigenvalue weighted by Crippen LogP contribution is 2.30. The van der Waals surface area contributed by atoms with E-state index in [0.717, 1.165) is 11.8 Å². The molecule has 9 heteroatoms. The number of hydrogen-bond acceptors (Lipinski definition) is 5. The standard InChI is InChI=1S/C18H18F2N4O3.C2H6/c1-11-3-4-14(12(19)7-11)22-17-15-8-21-10-24(15)9-13(20)16(17)18(26)23-27-6-2-5-25;1-2/h3-4,7-10,22,25H,2,5-6H2,1H3,(H,23,26);1-2H3. The van der Waals surface area contributed by atoms with Gasteiger partial charge in [-0.3, -0.25) is 9.63 Å². The van der Waals surface area contributed by atoms with Gasteiger partial charge in [-0.1, -0.05) is 19.9 Å². The van der Waals surface area contributed by atoms with Crippen LogP contribution in [0.1, 0.15) is 36.2 Å². The largest absolute Gasteiger partial charge is 0.396 e. The van der Waals surface area contributed by atoms with Crippen molar-refractivity contribution in [2.45, 2.75) is 27.2 Å². The predicted molar refractivity (Wildman–Crippen MR) is 106 cm³/mol. The van der Waals surface area contributed by atoms with E-state index < -0.39 is 17.5 Å². The molecule has 2 aromatic heterocycles. The lowest BCUT2D eigenvalue weighted by atomic mass is 10.1. The molecule has 1 aromatic carbocycles. The van der Waals surface area contributed by atoms with Gasteiger partial charge in [-0.25, -0.2) is 19.2 Å². The minimum Gasteiger partial charge on any atom is -0.396 e. The normalized spacial score (nSPS) is 10.4. The average molecular weight is 406 g/mol. The fourth-order valence-corrected chi connectivity index (χ4v) is 2.54. The van der Waals surface area contributed by atoms with Crippen LogP contribution < -0.4 is 10.8 Å². The van der Waals surface area contributed by atoms with E-state index >= 15 is 0 Å². The quantitative estimate of drug-likeness (QED) is 0.411. The molecule has 0 saturated heterocycles. The predicted octanol–water partition coefficient (Wildman–Crippen LogP) is 3.73. The summed E-state index contributed by atoms with van der Waals surface area (Å²) in [4.78, 5) is 21.3. The first-order valence-electron chi connectivity index (χ1n) is 9.21. The molecule has 0 atom stereocenters. The first-order valence-corrected chi connectivity index (χ1v) is 9.21. The zero-order valence-corrected chi connectivity index (χ0v) is 16.5. The second-order valence-corrected chi connectivity index (χ2v) is 5.88. The number of aromatic nitrogens is 2. The van der Waals surface area contributed by atoms with Gasteiger partial charge in [0.15, 0.2) is 5.82 Å².